The van der Waals surface area contributed by atoms with Gasteiger partial charge in [-0.05, 0) is 44.7 Å². The van der Waals surface area contributed by atoms with Crippen molar-refractivity contribution in [1.82, 2.24) is 10.2 Å². The van der Waals surface area contributed by atoms with Crippen LogP contribution in [0.15, 0.2) is 24.3 Å². The zero-order valence-electron chi connectivity index (χ0n) is 14.8. The van der Waals surface area contributed by atoms with E-state index in [4.69, 9.17) is 4.74 Å². The zero-order chi connectivity index (χ0) is 17.6. The number of nitrogens with zero attached hydrogens (tertiary/aromatic N) is 1. The highest BCUT2D eigenvalue weighted by Crippen LogP contribution is 2.26. The van der Waals surface area contributed by atoms with E-state index in [1.54, 1.807) is 4.90 Å². The van der Waals surface area contributed by atoms with Gasteiger partial charge in [0.15, 0.2) is 0 Å². The molecule has 6 heteroatoms. The van der Waals surface area contributed by atoms with Gasteiger partial charge in [-0.15, -0.1) is 0 Å². The first-order chi connectivity index (χ1) is 12.2. The van der Waals surface area contributed by atoms with Crippen LogP contribution < -0.4 is 15.4 Å². The van der Waals surface area contributed by atoms with Crippen LogP contribution in [0.3, 0.4) is 0 Å². The van der Waals surface area contributed by atoms with E-state index in [-0.39, 0.29) is 24.0 Å². The Morgan fingerprint density at radius 2 is 1.92 bits per heavy atom. The quantitative estimate of drug-likeness (QED) is 0.861. The Labute approximate surface area is 148 Å². The van der Waals surface area contributed by atoms with Crippen molar-refractivity contribution in [2.45, 2.75) is 57.5 Å². The Morgan fingerprint density at radius 3 is 2.68 bits per heavy atom. The molecule has 1 aliphatic heterocycles. The molecule has 2 aliphatic rings. The van der Waals surface area contributed by atoms with Crippen molar-refractivity contribution in [1.29, 1.82) is 0 Å². The Bertz CT molecular complexity index is 614. The summed E-state index contributed by atoms with van der Waals surface area (Å²) in [5, 5.41) is 6.01. The lowest BCUT2D eigenvalue weighted by atomic mass is 10.1. The number of likely N-dealkylation sites (tertiary alicyclic amines) is 1. The van der Waals surface area contributed by atoms with Gasteiger partial charge in [0.2, 0.25) is 5.91 Å². The predicted molar refractivity (Wildman–Crippen MR) is 96.8 cm³/mol. The van der Waals surface area contributed by atoms with Crippen molar-refractivity contribution < 1.29 is 14.3 Å². The number of rotatable bonds is 5. The Hall–Kier alpha value is -2.24. The highest BCUT2D eigenvalue weighted by atomic mass is 16.5. The Kier molecular flexibility index (Phi) is 5.79. The predicted octanol–water partition coefficient (Wildman–Crippen LogP) is 3.14. The number of carbonyl (C=O) groups excluding carboxylic acids is 2. The van der Waals surface area contributed by atoms with Gasteiger partial charge in [-0.2, -0.15) is 0 Å². The standard InChI is InChI=1S/C19H27N3O3/c1-2-25-17-12-6-5-10-15(17)21-19(24)22-13-7-11-16(22)18(23)20-14-8-3-4-9-14/h5-6,10,12,14,16H,2-4,7-9,11,13H2,1H3,(H,20,23)(H,21,24)/t16-/m0/s1. The number of benzene rings is 1. The minimum atomic E-state index is -0.375. The molecule has 1 saturated heterocycles. The van der Waals surface area contributed by atoms with Crippen LogP contribution in [-0.4, -0.2) is 42.1 Å². The molecule has 1 aliphatic carbocycles. The van der Waals surface area contributed by atoms with E-state index in [0.717, 1.165) is 25.7 Å². The average molecular weight is 345 g/mol. The summed E-state index contributed by atoms with van der Waals surface area (Å²) in [4.78, 5) is 26.9. The molecule has 1 aromatic rings. The first kappa shape index (κ1) is 17.6. The molecule has 0 unspecified atom stereocenters. The SMILES string of the molecule is CCOc1ccccc1NC(=O)N1CCC[C@H]1C(=O)NC1CCCC1. The molecule has 25 heavy (non-hydrogen) atoms. The summed E-state index contributed by atoms with van der Waals surface area (Å²) < 4.78 is 5.55. The van der Waals surface area contributed by atoms with Gasteiger partial charge in [0.05, 0.1) is 12.3 Å². The van der Waals surface area contributed by atoms with Crippen molar-refractivity contribution in [3.8, 4) is 5.75 Å². The molecule has 1 saturated carbocycles. The molecule has 0 bridgehead atoms. The lowest BCUT2D eigenvalue weighted by Crippen LogP contribution is -2.49. The molecule has 1 atom stereocenters. The highest BCUT2D eigenvalue weighted by molar-refractivity contribution is 5.95. The molecule has 6 nitrogen and oxygen atoms in total. The van der Waals surface area contributed by atoms with Crippen LogP contribution in [0, 0.1) is 0 Å². The summed E-state index contributed by atoms with van der Waals surface area (Å²) in [6.45, 7) is 3.04. The van der Waals surface area contributed by atoms with Crippen molar-refractivity contribution >= 4 is 17.6 Å². The van der Waals surface area contributed by atoms with Crippen molar-refractivity contribution in [2.75, 3.05) is 18.5 Å². The maximum Gasteiger partial charge on any atom is 0.322 e. The van der Waals surface area contributed by atoms with E-state index in [9.17, 15) is 9.59 Å². The first-order valence-corrected chi connectivity index (χ1v) is 9.29. The van der Waals surface area contributed by atoms with E-state index >= 15 is 0 Å². The van der Waals surface area contributed by atoms with Gasteiger partial charge in [0, 0.05) is 12.6 Å². The van der Waals surface area contributed by atoms with E-state index in [1.807, 2.05) is 31.2 Å². The second-order valence-corrected chi connectivity index (χ2v) is 6.70. The van der Waals surface area contributed by atoms with E-state index in [2.05, 4.69) is 10.6 Å². The van der Waals surface area contributed by atoms with Crippen LogP contribution in [0.2, 0.25) is 0 Å². The summed E-state index contributed by atoms with van der Waals surface area (Å²) in [7, 11) is 0. The molecule has 2 N–H and O–H groups in total. The topological polar surface area (TPSA) is 70.7 Å². The molecule has 0 spiro atoms. The fourth-order valence-electron chi connectivity index (χ4n) is 3.69. The molecule has 136 valence electrons. The van der Waals surface area contributed by atoms with E-state index < -0.39 is 0 Å². The third-order valence-corrected chi connectivity index (χ3v) is 4.95. The maximum atomic E-state index is 12.7. The van der Waals surface area contributed by atoms with Crippen molar-refractivity contribution in [3.05, 3.63) is 24.3 Å². The fraction of sp³-hybridized carbons (Fsp3) is 0.579. The smallest absolute Gasteiger partial charge is 0.322 e. The zero-order valence-corrected chi connectivity index (χ0v) is 14.8. The molecule has 2 fully saturated rings. The molecular weight excluding hydrogens is 318 g/mol. The third kappa shape index (κ3) is 4.24. The van der Waals surface area contributed by atoms with Crippen LogP contribution in [0.25, 0.3) is 0 Å². The number of ether oxygens (including phenoxy) is 1. The third-order valence-electron chi connectivity index (χ3n) is 4.95. The second kappa shape index (κ2) is 8.23. The summed E-state index contributed by atoms with van der Waals surface area (Å²) in [6, 6.07) is 7.02. The molecule has 3 amide bonds. The summed E-state index contributed by atoms with van der Waals surface area (Å²) in [5.74, 6) is 0.627. The van der Waals surface area contributed by atoms with E-state index in [1.165, 1.54) is 12.8 Å². The number of nitrogens with one attached hydrogen (secondary N) is 2. The maximum absolute atomic E-state index is 12.7. The summed E-state index contributed by atoms with van der Waals surface area (Å²) >= 11 is 0. The molecule has 1 aromatic carbocycles. The minimum Gasteiger partial charge on any atom is -0.492 e. The first-order valence-electron chi connectivity index (χ1n) is 9.29. The van der Waals surface area contributed by atoms with Gasteiger partial charge in [0.25, 0.3) is 0 Å². The van der Waals surface area contributed by atoms with Crippen LogP contribution in [-0.2, 0) is 4.79 Å². The van der Waals surface area contributed by atoms with E-state index in [0.29, 0.717) is 24.6 Å². The fourth-order valence-corrected chi connectivity index (χ4v) is 3.69. The lowest BCUT2D eigenvalue weighted by molar-refractivity contribution is -0.125. The van der Waals surface area contributed by atoms with Crippen LogP contribution in [0.4, 0.5) is 10.5 Å². The molecular formula is C19H27N3O3. The largest absolute Gasteiger partial charge is 0.492 e. The van der Waals surface area contributed by atoms with Crippen molar-refractivity contribution in [2.24, 2.45) is 0 Å². The highest BCUT2D eigenvalue weighted by Gasteiger charge is 2.35. The van der Waals surface area contributed by atoms with Gasteiger partial charge < -0.3 is 20.3 Å². The Morgan fingerprint density at radius 1 is 1.16 bits per heavy atom. The number of anilines is 1. The molecule has 0 aromatic heterocycles. The average Bonchev–Trinajstić information content (AvgIpc) is 3.28. The number of carbonyl (C=O) groups is 2. The van der Waals surface area contributed by atoms with Crippen LogP contribution in [0.1, 0.15) is 45.4 Å². The van der Waals surface area contributed by atoms with Gasteiger partial charge >= 0.3 is 6.03 Å². The van der Waals surface area contributed by atoms with Gasteiger partial charge in [0.1, 0.15) is 11.8 Å². The van der Waals surface area contributed by atoms with Crippen LogP contribution in [0.5, 0.6) is 5.75 Å². The summed E-state index contributed by atoms with van der Waals surface area (Å²) in [5.41, 5.74) is 0.635. The van der Waals surface area contributed by atoms with Crippen LogP contribution >= 0.6 is 0 Å². The normalized spacial score (nSPS) is 20.5. The molecule has 3 rings (SSSR count). The lowest BCUT2D eigenvalue weighted by Gasteiger charge is -2.26. The number of hydrogen-bond donors (Lipinski definition) is 2. The molecule has 0 radical (unpaired) electrons. The number of hydrogen-bond acceptors (Lipinski definition) is 3. The summed E-state index contributed by atoms with van der Waals surface area (Å²) in [6.07, 6.45) is 6.02. The van der Waals surface area contributed by atoms with Gasteiger partial charge in [-0.25, -0.2) is 4.79 Å². The number of urea groups is 1. The Balaban J connectivity index is 1.63. The molecule has 1 heterocycles. The van der Waals surface area contributed by atoms with Gasteiger partial charge in [-0.3, -0.25) is 4.79 Å². The number of para-hydroxylation sites is 2. The second-order valence-electron chi connectivity index (χ2n) is 6.70. The number of amides is 3. The van der Waals surface area contributed by atoms with Gasteiger partial charge in [-0.1, -0.05) is 25.0 Å². The minimum absolute atomic E-state index is 0.0161. The monoisotopic (exact) mass is 345 g/mol. The van der Waals surface area contributed by atoms with Crippen molar-refractivity contribution in [3.63, 3.8) is 0 Å².